The van der Waals surface area contributed by atoms with Gasteiger partial charge in [-0.25, -0.2) is 0 Å². The van der Waals surface area contributed by atoms with Crippen LogP contribution in [0.25, 0.3) is 0 Å². The maximum absolute atomic E-state index is 3.92. The third kappa shape index (κ3) is 17.9. The fourth-order valence-electron chi connectivity index (χ4n) is 3.39. The molecule has 0 amide bonds. The second-order valence-electron chi connectivity index (χ2n) is 7.21. The molecule has 1 unspecified atom stereocenters. The molecule has 0 fully saturated rings. The number of unbranched alkanes of at least 4 members (excludes halogenated alkanes) is 12. The summed E-state index contributed by atoms with van der Waals surface area (Å²) in [6.07, 6.45) is 27.8. The molecule has 0 bridgehead atoms. The standard InChI is InChI=1S/C23H44/c1-4-7-9-11-13-14-15-16-18-20-22-23(6-3)21-19-17-12-10-8-5-2/h4,7,23H,1-2,5-6,8-22H2,3H3/b7-4+. The van der Waals surface area contributed by atoms with Crippen molar-refractivity contribution in [1.29, 1.82) is 0 Å². The van der Waals surface area contributed by atoms with Gasteiger partial charge in [0.05, 0.1) is 0 Å². The Labute approximate surface area is 148 Å². The third-order valence-corrected chi connectivity index (χ3v) is 5.09. The van der Waals surface area contributed by atoms with Crippen LogP contribution in [0.2, 0.25) is 0 Å². The molecule has 0 rings (SSSR count). The maximum atomic E-state index is 3.92. The lowest BCUT2D eigenvalue weighted by Gasteiger charge is -2.14. The Balaban J connectivity index is 3.29. The summed E-state index contributed by atoms with van der Waals surface area (Å²) in [4.78, 5) is 0. The highest BCUT2D eigenvalue weighted by atomic mass is 14.1. The first-order valence-electron chi connectivity index (χ1n) is 10.6. The molecular weight excluding hydrogens is 276 g/mol. The molecule has 0 spiro atoms. The van der Waals surface area contributed by atoms with Crippen molar-refractivity contribution in [3.63, 3.8) is 0 Å². The topological polar surface area (TPSA) is 0 Å². The Bertz CT molecular complexity index is 228. The first kappa shape index (κ1) is 22.7. The summed E-state index contributed by atoms with van der Waals surface area (Å²) < 4.78 is 0. The van der Waals surface area contributed by atoms with E-state index in [0.717, 1.165) is 12.3 Å². The highest BCUT2D eigenvalue weighted by Gasteiger charge is 2.05. The molecule has 0 heterocycles. The van der Waals surface area contributed by atoms with Gasteiger partial charge in [0.2, 0.25) is 0 Å². The smallest absolute Gasteiger partial charge is 0.0316 e. The van der Waals surface area contributed by atoms with Gasteiger partial charge in [0.25, 0.3) is 0 Å². The fraction of sp³-hybridized carbons (Fsp3) is 0.826. The molecule has 2 radical (unpaired) electrons. The number of allylic oxidation sites excluding steroid dienone is 2. The highest BCUT2D eigenvalue weighted by Crippen LogP contribution is 2.21. The second-order valence-corrected chi connectivity index (χ2v) is 7.21. The van der Waals surface area contributed by atoms with E-state index in [0.29, 0.717) is 0 Å². The second kappa shape index (κ2) is 19.8. The molecule has 0 aliphatic heterocycles. The molecule has 0 nitrogen and oxygen atoms in total. The van der Waals surface area contributed by atoms with E-state index in [1.807, 2.05) is 6.08 Å². The molecular formula is C23H44. The first-order valence-corrected chi connectivity index (χ1v) is 10.6. The van der Waals surface area contributed by atoms with Gasteiger partial charge < -0.3 is 0 Å². The molecule has 0 aliphatic rings. The number of rotatable bonds is 18. The molecule has 1 atom stereocenters. The third-order valence-electron chi connectivity index (χ3n) is 5.09. The van der Waals surface area contributed by atoms with E-state index in [4.69, 9.17) is 0 Å². The van der Waals surface area contributed by atoms with Crippen molar-refractivity contribution >= 4 is 0 Å². The van der Waals surface area contributed by atoms with Crippen molar-refractivity contribution in [3.8, 4) is 0 Å². The lowest BCUT2D eigenvalue weighted by Crippen LogP contribution is -1.99. The summed E-state index contributed by atoms with van der Waals surface area (Å²) in [5.74, 6) is 0.997. The minimum absolute atomic E-state index is 0.997. The summed E-state index contributed by atoms with van der Waals surface area (Å²) >= 11 is 0. The molecule has 0 aromatic carbocycles. The molecule has 0 aromatic rings. The van der Waals surface area contributed by atoms with Gasteiger partial charge in [-0.05, 0) is 25.7 Å². The van der Waals surface area contributed by atoms with E-state index in [1.165, 1.54) is 103 Å². The van der Waals surface area contributed by atoms with Crippen LogP contribution in [0.4, 0.5) is 0 Å². The van der Waals surface area contributed by atoms with Crippen molar-refractivity contribution in [2.75, 3.05) is 0 Å². The van der Waals surface area contributed by atoms with Gasteiger partial charge in [0.15, 0.2) is 0 Å². The molecule has 0 aliphatic carbocycles. The average Bonchev–Trinajstić information content (AvgIpc) is 2.57. The SMILES string of the molecule is [CH2]/C=C/CCCCCCCCCC(CC)CCCCCCC[CH2]. The minimum Gasteiger partial charge on any atom is -0.0885 e. The van der Waals surface area contributed by atoms with Crippen molar-refractivity contribution < 1.29 is 0 Å². The lowest BCUT2D eigenvalue weighted by molar-refractivity contribution is 0.392. The molecule has 0 aromatic heterocycles. The Kier molecular flexibility index (Phi) is 19.6. The molecule has 0 saturated carbocycles. The van der Waals surface area contributed by atoms with Crippen molar-refractivity contribution in [2.24, 2.45) is 5.92 Å². The van der Waals surface area contributed by atoms with E-state index in [9.17, 15) is 0 Å². The molecule has 0 heteroatoms. The first-order chi connectivity index (χ1) is 11.3. The molecule has 136 valence electrons. The van der Waals surface area contributed by atoms with Crippen LogP contribution < -0.4 is 0 Å². The van der Waals surface area contributed by atoms with Crippen LogP contribution in [-0.2, 0) is 0 Å². The van der Waals surface area contributed by atoms with Gasteiger partial charge >= 0.3 is 0 Å². The Morgan fingerprint density at radius 1 is 0.696 bits per heavy atom. The zero-order valence-electron chi connectivity index (χ0n) is 16.2. The summed E-state index contributed by atoms with van der Waals surface area (Å²) in [6, 6.07) is 0. The number of hydrogen-bond donors (Lipinski definition) is 0. The summed E-state index contributed by atoms with van der Waals surface area (Å²) in [5.41, 5.74) is 0. The monoisotopic (exact) mass is 320 g/mol. The van der Waals surface area contributed by atoms with Crippen molar-refractivity contribution in [2.45, 2.75) is 116 Å². The van der Waals surface area contributed by atoms with Crippen LogP contribution in [0, 0.1) is 19.8 Å². The minimum atomic E-state index is 0.997. The normalized spacial score (nSPS) is 13.0. The number of hydrogen-bond acceptors (Lipinski definition) is 0. The van der Waals surface area contributed by atoms with E-state index >= 15 is 0 Å². The zero-order chi connectivity index (χ0) is 17.0. The molecule has 0 N–H and O–H groups in total. The van der Waals surface area contributed by atoms with Crippen LogP contribution in [0.5, 0.6) is 0 Å². The van der Waals surface area contributed by atoms with Crippen molar-refractivity contribution in [3.05, 3.63) is 26.0 Å². The Morgan fingerprint density at radius 2 is 1.17 bits per heavy atom. The Hall–Kier alpha value is -0.260. The van der Waals surface area contributed by atoms with Gasteiger partial charge in [-0.3, -0.25) is 0 Å². The van der Waals surface area contributed by atoms with Gasteiger partial charge in [-0.15, -0.1) is 0 Å². The van der Waals surface area contributed by atoms with Crippen LogP contribution in [0.1, 0.15) is 116 Å². The Morgan fingerprint density at radius 3 is 1.65 bits per heavy atom. The van der Waals surface area contributed by atoms with E-state index in [-0.39, 0.29) is 0 Å². The fourth-order valence-corrected chi connectivity index (χ4v) is 3.39. The lowest BCUT2D eigenvalue weighted by atomic mass is 9.92. The summed E-state index contributed by atoms with van der Waals surface area (Å²) in [6.45, 7) is 10.0. The van der Waals surface area contributed by atoms with Gasteiger partial charge in [0.1, 0.15) is 0 Å². The van der Waals surface area contributed by atoms with Crippen molar-refractivity contribution in [1.82, 2.24) is 0 Å². The maximum Gasteiger partial charge on any atom is -0.0316 e. The van der Waals surface area contributed by atoms with E-state index < -0.39 is 0 Å². The molecule has 0 saturated heterocycles. The van der Waals surface area contributed by atoms with Gasteiger partial charge in [-0.2, -0.15) is 0 Å². The predicted molar refractivity (Wildman–Crippen MR) is 108 cm³/mol. The van der Waals surface area contributed by atoms with Crippen LogP contribution >= 0.6 is 0 Å². The van der Waals surface area contributed by atoms with E-state index in [1.54, 1.807) is 0 Å². The zero-order valence-corrected chi connectivity index (χ0v) is 16.2. The van der Waals surface area contributed by atoms with Crippen LogP contribution in [-0.4, -0.2) is 0 Å². The van der Waals surface area contributed by atoms with E-state index in [2.05, 4.69) is 26.8 Å². The van der Waals surface area contributed by atoms with Gasteiger partial charge in [0, 0.05) is 0 Å². The van der Waals surface area contributed by atoms with Crippen LogP contribution in [0.15, 0.2) is 12.2 Å². The summed E-state index contributed by atoms with van der Waals surface area (Å²) in [5, 5.41) is 0. The predicted octanol–water partition coefficient (Wildman–Crippen LogP) is 8.48. The molecule has 23 heavy (non-hydrogen) atoms. The summed E-state index contributed by atoms with van der Waals surface area (Å²) in [7, 11) is 0. The quantitative estimate of drug-likeness (QED) is 0.222. The largest absolute Gasteiger partial charge is 0.0885 e. The average molecular weight is 321 g/mol. The highest BCUT2D eigenvalue weighted by molar-refractivity contribution is 4.83. The van der Waals surface area contributed by atoms with Crippen LogP contribution in [0.3, 0.4) is 0 Å². The van der Waals surface area contributed by atoms with Gasteiger partial charge in [-0.1, -0.05) is 122 Å².